The lowest BCUT2D eigenvalue weighted by Gasteiger charge is -2.22. The van der Waals surface area contributed by atoms with Crippen molar-refractivity contribution in [3.8, 4) is 17.2 Å². The molecule has 0 aliphatic carbocycles. The van der Waals surface area contributed by atoms with Crippen molar-refractivity contribution in [3.05, 3.63) is 47.5 Å². The second kappa shape index (κ2) is 10.7. The van der Waals surface area contributed by atoms with Crippen molar-refractivity contribution in [2.45, 2.75) is 19.9 Å². The van der Waals surface area contributed by atoms with Crippen molar-refractivity contribution in [3.63, 3.8) is 0 Å². The normalized spacial score (nSPS) is 11.3. The van der Waals surface area contributed by atoms with Crippen molar-refractivity contribution in [1.29, 1.82) is 5.41 Å². The van der Waals surface area contributed by atoms with Gasteiger partial charge in [0.05, 0.1) is 13.2 Å². The Morgan fingerprint density at radius 2 is 1.58 bits per heavy atom. The summed E-state index contributed by atoms with van der Waals surface area (Å²) >= 11 is 0. The van der Waals surface area contributed by atoms with E-state index in [1.165, 1.54) is 12.1 Å². The van der Waals surface area contributed by atoms with Gasteiger partial charge in [-0.2, -0.15) is 0 Å². The summed E-state index contributed by atoms with van der Waals surface area (Å²) in [6.45, 7) is 3.51. The first-order chi connectivity index (χ1) is 14.8. The molecule has 2 aromatic carbocycles. The Balaban J connectivity index is 2.51. The molecule has 0 fully saturated rings. The molecule has 2 rings (SSSR count). The Hall–Kier alpha value is -3.95. The number of amidine groups is 1. The number of benzene rings is 2. The first-order valence-corrected chi connectivity index (χ1v) is 9.48. The largest absolute Gasteiger partial charge is 0.490 e. The molecule has 0 heterocycles. The minimum atomic E-state index is -1.29. The highest BCUT2D eigenvalue weighted by molar-refractivity contribution is 5.95. The molecule has 10 heteroatoms. The first kappa shape index (κ1) is 23.3. The Morgan fingerprint density at radius 1 is 1.00 bits per heavy atom. The summed E-state index contributed by atoms with van der Waals surface area (Å²) in [4.78, 5) is 23.1. The van der Waals surface area contributed by atoms with E-state index in [0.717, 1.165) is 0 Å². The number of hydrogen-bond donors (Lipinski definition) is 5. The molecule has 0 aliphatic heterocycles. The molecular formula is C21H25N3O7. The molecule has 6 N–H and O–H groups in total. The summed E-state index contributed by atoms with van der Waals surface area (Å²) in [5.74, 6) is -1.89. The van der Waals surface area contributed by atoms with E-state index in [4.69, 9.17) is 30.5 Å². The van der Waals surface area contributed by atoms with Gasteiger partial charge in [-0.3, -0.25) is 5.41 Å². The van der Waals surface area contributed by atoms with Crippen LogP contribution in [0.25, 0.3) is 0 Å². The first-order valence-electron chi connectivity index (χ1n) is 9.48. The van der Waals surface area contributed by atoms with Crippen LogP contribution in [0.1, 0.15) is 31.0 Å². The van der Waals surface area contributed by atoms with E-state index in [0.29, 0.717) is 36.0 Å². The predicted octanol–water partition coefficient (Wildman–Crippen LogP) is 2.47. The van der Waals surface area contributed by atoms with Gasteiger partial charge in [0.15, 0.2) is 24.1 Å². The van der Waals surface area contributed by atoms with E-state index < -0.39 is 24.6 Å². The SMILES string of the molecule is CCOc1cc(OCC(=O)O)c(C(Nc2ccc(C(=N)N)cc2)C(=O)O)cc1OCC. The molecule has 2 aromatic rings. The maximum atomic E-state index is 12.1. The molecule has 0 saturated carbocycles. The van der Waals surface area contributed by atoms with Crippen LogP contribution in [0.4, 0.5) is 5.69 Å². The fraction of sp³-hybridized carbons (Fsp3) is 0.286. The lowest BCUT2D eigenvalue weighted by atomic mass is 10.0. The number of anilines is 1. The van der Waals surface area contributed by atoms with E-state index in [1.807, 2.05) is 0 Å². The van der Waals surface area contributed by atoms with Crippen molar-refractivity contribution >= 4 is 23.5 Å². The fourth-order valence-corrected chi connectivity index (χ4v) is 2.77. The van der Waals surface area contributed by atoms with E-state index in [1.54, 1.807) is 38.1 Å². The van der Waals surface area contributed by atoms with Crippen LogP contribution in [0.2, 0.25) is 0 Å². The summed E-state index contributed by atoms with van der Waals surface area (Å²) in [5.41, 5.74) is 6.55. The van der Waals surface area contributed by atoms with Gasteiger partial charge >= 0.3 is 11.9 Å². The van der Waals surface area contributed by atoms with Gasteiger partial charge in [0, 0.05) is 22.9 Å². The number of carboxylic acid groups (broad SMARTS) is 2. The highest BCUT2D eigenvalue weighted by Crippen LogP contribution is 2.39. The zero-order valence-electron chi connectivity index (χ0n) is 17.2. The molecule has 0 aromatic heterocycles. The number of rotatable bonds is 12. The van der Waals surface area contributed by atoms with Crippen molar-refractivity contribution in [2.24, 2.45) is 5.73 Å². The van der Waals surface area contributed by atoms with E-state index >= 15 is 0 Å². The van der Waals surface area contributed by atoms with Crippen molar-refractivity contribution in [1.82, 2.24) is 0 Å². The third kappa shape index (κ3) is 6.26. The lowest BCUT2D eigenvalue weighted by Crippen LogP contribution is -2.22. The van der Waals surface area contributed by atoms with Gasteiger partial charge in [0.25, 0.3) is 0 Å². The van der Waals surface area contributed by atoms with Crippen LogP contribution >= 0.6 is 0 Å². The molecule has 0 saturated heterocycles. The van der Waals surface area contributed by atoms with Crippen LogP contribution in [-0.2, 0) is 9.59 Å². The van der Waals surface area contributed by atoms with Gasteiger partial charge < -0.3 is 35.5 Å². The van der Waals surface area contributed by atoms with Crippen LogP contribution < -0.4 is 25.3 Å². The quantitative estimate of drug-likeness (QED) is 0.251. The standard InChI is InChI=1S/C21H25N3O7/c1-3-29-16-9-14(15(31-11-18(25)26)10-17(16)30-4-2)19(21(27)28)24-13-7-5-12(6-8-13)20(22)23/h5-10,19,24H,3-4,11H2,1-2H3,(H3,22,23)(H,25,26)(H,27,28). The molecule has 31 heavy (non-hydrogen) atoms. The molecule has 0 aliphatic rings. The smallest absolute Gasteiger partial charge is 0.341 e. The van der Waals surface area contributed by atoms with Crippen LogP contribution in [0.5, 0.6) is 17.2 Å². The number of hydrogen-bond acceptors (Lipinski definition) is 7. The Kier molecular flexibility index (Phi) is 8.07. The molecule has 10 nitrogen and oxygen atoms in total. The lowest BCUT2D eigenvalue weighted by molar-refractivity contribution is -0.139. The molecule has 0 spiro atoms. The summed E-state index contributed by atoms with van der Waals surface area (Å²) in [6.07, 6.45) is 0. The maximum Gasteiger partial charge on any atom is 0.341 e. The number of carboxylic acids is 2. The van der Waals surface area contributed by atoms with Gasteiger partial charge in [0.2, 0.25) is 0 Å². The van der Waals surface area contributed by atoms with Gasteiger partial charge in [-0.1, -0.05) is 0 Å². The average Bonchev–Trinajstić information content (AvgIpc) is 2.72. The van der Waals surface area contributed by atoms with E-state index in [-0.39, 0.29) is 17.1 Å². The van der Waals surface area contributed by atoms with Gasteiger partial charge in [-0.05, 0) is 44.2 Å². The minimum Gasteiger partial charge on any atom is -0.490 e. The topological polar surface area (TPSA) is 164 Å². The second-order valence-corrected chi connectivity index (χ2v) is 6.29. The molecule has 166 valence electrons. The minimum absolute atomic E-state index is 0.0366. The fourth-order valence-electron chi connectivity index (χ4n) is 2.77. The summed E-state index contributed by atoms with van der Waals surface area (Å²) < 4.78 is 16.5. The molecular weight excluding hydrogens is 406 g/mol. The van der Waals surface area contributed by atoms with Gasteiger partial charge in [0.1, 0.15) is 11.6 Å². The predicted molar refractivity (Wildman–Crippen MR) is 113 cm³/mol. The van der Waals surface area contributed by atoms with Crippen LogP contribution in [-0.4, -0.2) is 47.8 Å². The number of carbonyl (C=O) groups is 2. The van der Waals surface area contributed by atoms with Crippen molar-refractivity contribution < 1.29 is 34.0 Å². The third-order valence-electron chi connectivity index (χ3n) is 4.09. The number of nitrogens with one attached hydrogen (secondary N) is 2. The average molecular weight is 431 g/mol. The summed E-state index contributed by atoms with van der Waals surface area (Å²) in [6, 6.07) is 7.92. The van der Waals surface area contributed by atoms with E-state index in [2.05, 4.69) is 5.32 Å². The monoisotopic (exact) mass is 431 g/mol. The number of ether oxygens (including phenoxy) is 3. The number of nitrogens with two attached hydrogens (primary N) is 1. The van der Waals surface area contributed by atoms with Crippen molar-refractivity contribution in [2.75, 3.05) is 25.1 Å². The van der Waals surface area contributed by atoms with Crippen LogP contribution in [0.15, 0.2) is 36.4 Å². The molecule has 0 bridgehead atoms. The molecule has 0 amide bonds. The van der Waals surface area contributed by atoms with Gasteiger partial charge in [-0.25, -0.2) is 9.59 Å². The zero-order valence-corrected chi connectivity index (χ0v) is 17.2. The summed E-state index contributed by atoms with van der Waals surface area (Å²) in [5, 5.41) is 29.2. The zero-order chi connectivity index (χ0) is 23.0. The molecule has 1 atom stereocenters. The highest BCUT2D eigenvalue weighted by atomic mass is 16.5. The highest BCUT2D eigenvalue weighted by Gasteiger charge is 2.27. The number of nitrogen functional groups attached to an aromatic ring is 1. The Labute approximate surface area is 179 Å². The van der Waals surface area contributed by atoms with Gasteiger partial charge in [-0.15, -0.1) is 0 Å². The molecule has 0 radical (unpaired) electrons. The number of aliphatic carboxylic acids is 2. The second-order valence-electron chi connectivity index (χ2n) is 6.29. The maximum absolute atomic E-state index is 12.1. The Bertz CT molecular complexity index is 945. The molecule has 1 unspecified atom stereocenters. The Morgan fingerprint density at radius 3 is 2.06 bits per heavy atom. The van der Waals surface area contributed by atoms with E-state index in [9.17, 15) is 14.7 Å². The van der Waals surface area contributed by atoms with Crippen LogP contribution in [0.3, 0.4) is 0 Å². The van der Waals surface area contributed by atoms with Crippen LogP contribution in [0, 0.1) is 5.41 Å². The summed E-state index contributed by atoms with van der Waals surface area (Å²) in [7, 11) is 0. The third-order valence-corrected chi connectivity index (χ3v) is 4.09.